The molecule has 0 radical (unpaired) electrons. The largest absolute Gasteiger partial charge is 0.461 e. The van der Waals surface area contributed by atoms with Crippen LogP contribution in [-0.2, 0) is 22.3 Å². The van der Waals surface area contributed by atoms with E-state index in [1.165, 1.54) is 11.4 Å². The van der Waals surface area contributed by atoms with Crippen LogP contribution in [0.3, 0.4) is 0 Å². The molecule has 166 valence electrons. The Morgan fingerprint density at radius 1 is 1.16 bits per heavy atom. The van der Waals surface area contributed by atoms with Gasteiger partial charge in [-0.3, -0.25) is 25.0 Å². The first kappa shape index (κ1) is 22.5. The van der Waals surface area contributed by atoms with E-state index in [9.17, 15) is 38.2 Å². The van der Waals surface area contributed by atoms with Crippen LogP contribution >= 0.6 is 11.3 Å². The predicted octanol–water partition coefficient (Wildman–Crippen LogP) is 4.54. The number of nitro groups is 2. The van der Waals surface area contributed by atoms with E-state index in [0.717, 1.165) is 23.5 Å². The summed E-state index contributed by atoms with van der Waals surface area (Å²) in [6, 6.07) is 3.70. The number of carbonyl (C=O) groups excluding carboxylic acids is 1. The van der Waals surface area contributed by atoms with Crippen molar-refractivity contribution in [3.8, 4) is 0 Å². The Labute approximate surface area is 177 Å². The lowest BCUT2D eigenvalue weighted by Gasteiger charge is -2.32. The molecule has 1 aromatic carbocycles. The minimum atomic E-state index is -4.69. The summed E-state index contributed by atoms with van der Waals surface area (Å²) in [5, 5.41) is 23.4. The van der Waals surface area contributed by atoms with Crippen molar-refractivity contribution in [2.45, 2.75) is 25.6 Å². The smallest absolute Gasteiger partial charge is 0.416 e. The molecule has 0 amide bonds. The van der Waals surface area contributed by atoms with Crippen molar-refractivity contribution in [2.24, 2.45) is 5.92 Å². The number of hydrogen-bond donors (Lipinski definition) is 0. The van der Waals surface area contributed by atoms with Gasteiger partial charge < -0.3 is 9.64 Å². The molecule has 1 aliphatic heterocycles. The lowest BCUT2D eigenvalue weighted by molar-refractivity contribution is -0.384. The summed E-state index contributed by atoms with van der Waals surface area (Å²) >= 11 is 0.926. The Hall–Kier alpha value is -3.22. The fraction of sp³-hybridized carbons (Fsp3) is 0.389. The molecule has 1 aliphatic rings. The van der Waals surface area contributed by atoms with Crippen molar-refractivity contribution in [2.75, 3.05) is 18.0 Å². The molecule has 3 rings (SSSR count). The van der Waals surface area contributed by atoms with Crippen LogP contribution in [0.4, 0.5) is 29.5 Å². The number of ether oxygens (including phenoxy) is 1. The first-order chi connectivity index (χ1) is 14.6. The summed E-state index contributed by atoms with van der Waals surface area (Å²) in [4.78, 5) is 34.4. The highest BCUT2D eigenvalue weighted by molar-refractivity contribution is 7.13. The monoisotopic (exact) mass is 459 g/mol. The second-order valence-corrected chi connectivity index (χ2v) is 7.77. The highest BCUT2D eigenvalue weighted by Crippen LogP contribution is 2.37. The van der Waals surface area contributed by atoms with Crippen LogP contribution in [0.2, 0.25) is 0 Å². The van der Waals surface area contributed by atoms with Gasteiger partial charge in [-0.1, -0.05) is 11.3 Å². The van der Waals surface area contributed by atoms with Gasteiger partial charge in [0, 0.05) is 36.2 Å². The van der Waals surface area contributed by atoms with Gasteiger partial charge in [0.25, 0.3) is 5.69 Å². The van der Waals surface area contributed by atoms with Crippen molar-refractivity contribution in [3.05, 3.63) is 61.0 Å². The van der Waals surface area contributed by atoms with E-state index in [0.29, 0.717) is 24.5 Å². The molecule has 13 heteroatoms. The molecule has 2 heterocycles. The molecule has 1 fully saturated rings. The van der Waals surface area contributed by atoms with E-state index in [-0.39, 0.29) is 30.4 Å². The molecule has 0 N–H and O–H groups in total. The van der Waals surface area contributed by atoms with E-state index in [1.807, 2.05) is 0 Å². The van der Waals surface area contributed by atoms with E-state index in [4.69, 9.17) is 4.74 Å². The SMILES string of the molecule is O=C(OCc1csc([N+](=O)[O-])c1)C1CCN(c2ccc(C(F)(F)F)cc2[N+](=O)[O-])CC1. The second kappa shape index (κ2) is 8.88. The molecular formula is C18H16F3N3O6S. The van der Waals surface area contributed by atoms with Gasteiger partial charge in [0.2, 0.25) is 0 Å². The number of halogens is 3. The molecule has 1 aromatic heterocycles. The Kier molecular flexibility index (Phi) is 6.43. The van der Waals surface area contributed by atoms with Crippen LogP contribution in [0.1, 0.15) is 24.0 Å². The highest BCUT2D eigenvalue weighted by atomic mass is 32.1. The third-order valence-corrected chi connectivity index (χ3v) is 5.80. The van der Waals surface area contributed by atoms with Crippen LogP contribution in [0.15, 0.2) is 29.6 Å². The van der Waals surface area contributed by atoms with Gasteiger partial charge in [0.05, 0.1) is 21.3 Å². The number of nitrogens with zero attached hydrogens (tertiary/aromatic N) is 3. The summed E-state index contributed by atoms with van der Waals surface area (Å²) in [6.07, 6.45) is -4.08. The number of alkyl halides is 3. The van der Waals surface area contributed by atoms with E-state index < -0.39 is 39.2 Å². The predicted molar refractivity (Wildman–Crippen MR) is 104 cm³/mol. The van der Waals surface area contributed by atoms with Crippen LogP contribution in [0.5, 0.6) is 0 Å². The Balaban J connectivity index is 1.60. The van der Waals surface area contributed by atoms with Crippen molar-refractivity contribution in [3.63, 3.8) is 0 Å². The molecule has 0 aliphatic carbocycles. The average Bonchev–Trinajstić information content (AvgIpc) is 3.20. The van der Waals surface area contributed by atoms with Crippen molar-refractivity contribution >= 4 is 33.7 Å². The molecule has 9 nitrogen and oxygen atoms in total. The molecule has 0 bridgehead atoms. The summed E-state index contributed by atoms with van der Waals surface area (Å²) in [6.45, 7) is 0.361. The van der Waals surface area contributed by atoms with Gasteiger partial charge in [-0.2, -0.15) is 13.2 Å². The van der Waals surface area contributed by atoms with Crippen molar-refractivity contribution < 1.29 is 32.5 Å². The summed E-state index contributed by atoms with van der Waals surface area (Å²) in [5.74, 6) is -0.964. The van der Waals surface area contributed by atoms with Gasteiger partial charge in [-0.15, -0.1) is 0 Å². The molecule has 0 spiro atoms. The molecule has 0 saturated carbocycles. The number of carbonyl (C=O) groups is 1. The Morgan fingerprint density at radius 3 is 2.39 bits per heavy atom. The number of anilines is 1. The quantitative estimate of drug-likeness (QED) is 0.354. The highest BCUT2D eigenvalue weighted by Gasteiger charge is 2.35. The lowest BCUT2D eigenvalue weighted by Crippen LogP contribution is -2.37. The van der Waals surface area contributed by atoms with E-state index >= 15 is 0 Å². The summed E-state index contributed by atoms with van der Waals surface area (Å²) in [7, 11) is 0. The second-order valence-electron chi connectivity index (χ2n) is 6.88. The number of hydrogen-bond acceptors (Lipinski definition) is 8. The maximum absolute atomic E-state index is 12.9. The topological polar surface area (TPSA) is 116 Å². The van der Waals surface area contributed by atoms with Crippen molar-refractivity contribution in [1.82, 2.24) is 0 Å². The molecule has 0 unspecified atom stereocenters. The third-order valence-electron chi connectivity index (χ3n) is 4.87. The summed E-state index contributed by atoms with van der Waals surface area (Å²) in [5.41, 5.74) is -1.18. The number of rotatable bonds is 6. The minimum Gasteiger partial charge on any atom is -0.461 e. The lowest BCUT2D eigenvalue weighted by atomic mass is 9.96. The zero-order chi connectivity index (χ0) is 22.8. The van der Waals surface area contributed by atoms with Gasteiger partial charge in [-0.05, 0) is 25.0 Å². The van der Waals surface area contributed by atoms with Gasteiger partial charge in [-0.25, -0.2) is 0 Å². The van der Waals surface area contributed by atoms with Crippen molar-refractivity contribution in [1.29, 1.82) is 0 Å². The first-order valence-corrected chi connectivity index (χ1v) is 9.93. The standard InChI is InChI=1S/C18H16F3N3O6S/c19-18(20,21)13-1-2-14(15(8-13)23(26)27)22-5-3-12(4-6-22)17(25)30-9-11-7-16(24(28)29)31-10-11/h1-2,7-8,10,12H,3-6,9H2. The van der Waals surface area contributed by atoms with Crippen LogP contribution in [-0.4, -0.2) is 28.9 Å². The first-order valence-electron chi connectivity index (χ1n) is 9.05. The average molecular weight is 459 g/mol. The van der Waals surface area contributed by atoms with Gasteiger partial charge in [0.15, 0.2) is 0 Å². The normalized spacial score (nSPS) is 15.0. The maximum Gasteiger partial charge on any atom is 0.416 e. The fourth-order valence-corrected chi connectivity index (χ4v) is 3.99. The zero-order valence-corrected chi connectivity index (χ0v) is 16.6. The van der Waals surface area contributed by atoms with E-state index in [2.05, 4.69) is 0 Å². The molecule has 0 atom stereocenters. The number of piperidine rings is 1. The molecule has 1 saturated heterocycles. The van der Waals surface area contributed by atoms with Crippen LogP contribution < -0.4 is 4.90 Å². The maximum atomic E-state index is 12.9. The Morgan fingerprint density at radius 2 is 1.84 bits per heavy atom. The van der Waals surface area contributed by atoms with Gasteiger partial charge in [0.1, 0.15) is 12.3 Å². The fourth-order valence-electron chi connectivity index (χ4n) is 3.28. The van der Waals surface area contributed by atoms with Crippen LogP contribution in [0, 0.1) is 26.1 Å². The number of esters is 1. The number of nitro benzene ring substituents is 1. The van der Waals surface area contributed by atoms with E-state index in [1.54, 1.807) is 4.90 Å². The third kappa shape index (κ3) is 5.29. The number of benzene rings is 1. The molecular weight excluding hydrogens is 443 g/mol. The molecule has 2 aromatic rings. The minimum absolute atomic E-state index is 0.0579. The Bertz CT molecular complexity index is 1000. The number of thiophene rings is 1. The zero-order valence-electron chi connectivity index (χ0n) is 15.8. The molecule has 31 heavy (non-hydrogen) atoms. The van der Waals surface area contributed by atoms with Gasteiger partial charge >= 0.3 is 17.1 Å². The van der Waals surface area contributed by atoms with Crippen LogP contribution in [0.25, 0.3) is 0 Å². The summed E-state index contributed by atoms with van der Waals surface area (Å²) < 4.78 is 43.8.